The van der Waals surface area contributed by atoms with Crippen LogP contribution in [0.4, 0.5) is 0 Å². The Bertz CT molecular complexity index is 514. The Labute approximate surface area is 121 Å². The molecule has 2 heterocycles. The highest BCUT2D eigenvalue weighted by Crippen LogP contribution is 2.21. The zero-order valence-corrected chi connectivity index (χ0v) is 12.5. The molecular weight excluding hydrogens is 280 g/mol. The van der Waals surface area contributed by atoms with Crippen molar-refractivity contribution in [3.63, 3.8) is 0 Å². The molecule has 20 heavy (non-hydrogen) atoms. The van der Waals surface area contributed by atoms with Gasteiger partial charge >= 0.3 is 5.97 Å². The lowest BCUT2D eigenvalue weighted by Gasteiger charge is -2.34. The van der Waals surface area contributed by atoms with Crippen molar-refractivity contribution in [2.45, 2.75) is 38.9 Å². The fourth-order valence-electron chi connectivity index (χ4n) is 2.07. The Morgan fingerprint density at radius 1 is 1.50 bits per heavy atom. The number of carbonyl (C=O) groups excluding carboxylic acids is 1. The van der Waals surface area contributed by atoms with E-state index in [-0.39, 0.29) is 24.5 Å². The van der Waals surface area contributed by atoms with E-state index >= 15 is 0 Å². The van der Waals surface area contributed by atoms with Gasteiger partial charge in [0.15, 0.2) is 6.10 Å². The number of ether oxygens (including phenoxy) is 1. The van der Waals surface area contributed by atoms with Crippen LogP contribution in [0.1, 0.15) is 42.2 Å². The Morgan fingerprint density at radius 3 is 2.75 bits per heavy atom. The van der Waals surface area contributed by atoms with Gasteiger partial charge in [-0.25, -0.2) is 9.78 Å². The van der Waals surface area contributed by atoms with E-state index in [4.69, 9.17) is 9.84 Å². The quantitative estimate of drug-likeness (QED) is 0.916. The third kappa shape index (κ3) is 3.16. The van der Waals surface area contributed by atoms with Crippen molar-refractivity contribution in [3.05, 3.63) is 16.1 Å². The molecule has 2 atom stereocenters. The van der Waals surface area contributed by atoms with E-state index in [9.17, 15) is 9.59 Å². The van der Waals surface area contributed by atoms with Crippen molar-refractivity contribution >= 4 is 23.2 Å². The van der Waals surface area contributed by atoms with Gasteiger partial charge in [-0.1, -0.05) is 13.8 Å². The van der Waals surface area contributed by atoms with Crippen LogP contribution in [0, 0.1) is 0 Å². The molecule has 1 aliphatic rings. The second kappa shape index (κ2) is 5.88. The van der Waals surface area contributed by atoms with Crippen LogP contribution in [-0.2, 0) is 9.53 Å². The largest absolute Gasteiger partial charge is 0.479 e. The molecule has 1 aliphatic heterocycles. The summed E-state index contributed by atoms with van der Waals surface area (Å²) in [6.45, 7) is 6.24. The highest BCUT2D eigenvalue weighted by molar-refractivity contribution is 7.09. The number of morpholine rings is 1. The predicted octanol–water partition coefficient (Wildman–Crippen LogP) is 1.58. The van der Waals surface area contributed by atoms with Crippen molar-refractivity contribution in [1.82, 2.24) is 9.88 Å². The maximum Gasteiger partial charge on any atom is 0.334 e. The van der Waals surface area contributed by atoms with Crippen LogP contribution in [0.5, 0.6) is 0 Å². The van der Waals surface area contributed by atoms with E-state index in [1.807, 2.05) is 13.8 Å². The van der Waals surface area contributed by atoms with E-state index in [0.29, 0.717) is 12.2 Å². The molecule has 0 aliphatic carbocycles. The molecule has 2 rings (SSSR count). The van der Waals surface area contributed by atoms with Gasteiger partial charge in [0.05, 0.1) is 17.7 Å². The van der Waals surface area contributed by atoms with E-state index in [1.54, 1.807) is 12.3 Å². The molecule has 0 radical (unpaired) electrons. The standard InChI is InChI=1S/C13H18N2O4S/c1-7(2)11-14-9(6-20-11)12(16)15-4-8(3)19-10(5-15)13(17)18/h6-8,10H,4-5H2,1-3H3,(H,17,18)/t8-,10?/m1/s1. The van der Waals surface area contributed by atoms with E-state index in [1.165, 1.54) is 16.2 Å². The summed E-state index contributed by atoms with van der Waals surface area (Å²) in [6.07, 6.45) is -1.26. The number of thiazole rings is 1. The molecule has 1 N–H and O–H groups in total. The smallest absolute Gasteiger partial charge is 0.334 e. The molecule has 1 unspecified atom stereocenters. The first kappa shape index (κ1) is 14.9. The molecule has 1 saturated heterocycles. The maximum absolute atomic E-state index is 12.4. The molecule has 0 aromatic carbocycles. The third-order valence-corrected chi connectivity index (χ3v) is 4.20. The average molecular weight is 298 g/mol. The van der Waals surface area contributed by atoms with Crippen LogP contribution in [-0.4, -0.2) is 52.2 Å². The Balaban J connectivity index is 2.12. The number of hydrogen-bond donors (Lipinski definition) is 1. The molecule has 1 fully saturated rings. The number of carboxylic acid groups (broad SMARTS) is 1. The molecule has 0 spiro atoms. The minimum absolute atomic E-state index is 0.0625. The second-order valence-corrected chi connectivity index (χ2v) is 6.10. The summed E-state index contributed by atoms with van der Waals surface area (Å²) in [7, 11) is 0. The second-order valence-electron chi connectivity index (χ2n) is 5.21. The van der Waals surface area contributed by atoms with Crippen LogP contribution >= 0.6 is 11.3 Å². The van der Waals surface area contributed by atoms with E-state index in [2.05, 4.69) is 4.98 Å². The first-order valence-corrected chi connectivity index (χ1v) is 7.39. The summed E-state index contributed by atoms with van der Waals surface area (Å²) < 4.78 is 5.30. The summed E-state index contributed by atoms with van der Waals surface area (Å²) in [5, 5.41) is 11.7. The predicted molar refractivity (Wildman–Crippen MR) is 74.1 cm³/mol. The van der Waals surface area contributed by atoms with Gasteiger partial charge in [-0.2, -0.15) is 0 Å². The normalized spacial score (nSPS) is 23.1. The number of carbonyl (C=O) groups is 2. The lowest BCUT2D eigenvalue weighted by molar-refractivity contribution is -0.160. The zero-order valence-electron chi connectivity index (χ0n) is 11.7. The first-order valence-electron chi connectivity index (χ1n) is 6.51. The summed E-state index contributed by atoms with van der Waals surface area (Å²) >= 11 is 1.45. The van der Waals surface area contributed by atoms with Gasteiger partial charge in [-0.15, -0.1) is 11.3 Å². The highest BCUT2D eigenvalue weighted by atomic mass is 32.1. The number of aromatic nitrogens is 1. The van der Waals surface area contributed by atoms with Gasteiger partial charge < -0.3 is 14.7 Å². The summed E-state index contributed by atoms with van der Waals surface area (Å²) in [5.74, 6) is -0.998. The van der Waals surface area contributed by atoms with Gasteiger partial charge in [0.25, 0.3) is 5.91 Å². The zero-order chi connectivity index (χ0) is 14.9. The minimum atomic E-state index is -1.05. The van der Waals surface area contributed by atoms with E-state index in [0.717, 1.165) is 5.01 Å². The Hall–Kier alpha value is -1.47. The fraction of sp³-hybridized carbons (Fsp3) is 0.615. The summed E-state index contributed by atoms with van der Waals surface area (Å²) in [5.41, 5.74) is 0.386. The number of rotatable bonds is 3. The van der Waals surface area contributed by atoms with Crippen molar-refractivity contribution < 1.29 is 19.4 Å². The number of aliphatic carboxylic acids is 1. The van der Waals surface area contributed by atoms with Gasteiger partial charge in [0.2, 0.25) is 0 Å². The summed E-state index contributed by atoms with van der Waals surface area (Å²) in [4.78, 5) is 29.2. The maximum atomic E-state index is 12.4. The molecule has 0 saturated carbocycles. The lowest BCUT2D eigenvalue weighted by atomic mass is 10.2. The van der Waals surface area contributed by atoms with Gasteiger partial charge in [0, 0.05) is 17.8 Å². The molecular formula is C13H18N2O4S. The van der Waals surface area contributed by atoms with Gasteiger partial charge in [-0.3, -0.25) is 4.79 Å². The van der Waals surface area contributed by atoms with Crippen LogP contribution in [0.3, 0.4) is 0 Å². The number of hydrogen-bond acceptors (Lipinski definition) is 5. The number of amides is 1. The monoisotopic (exact) mass is 298 g/mol. The van der Waals surface area contributed by atoms with Crippen LogP contribution in [0.25, 0.3) is 0 Å². The van der Waals surface area contributed by atoms with Crippen molar-refractivity contribution in [2.24, 2.45) is 0 Å². The topological polar surface area (TPSA) is 79.7 Å². The molecule has 0 bridgehead atoms. The van der Waals surface area contributed by atoms with Crippen molar-refractivity contribution in [2.75, 3.05) is 13.1 Å². The van der Waals surface area contributed by atoms with Crippen molar-refractivity contribution in [3.8, 4) is 0 Å². The number of nitrogens with zero attached hydrogens (tertiary/aromatic N) is 2. The Morgan fingerprint density at radius 2 is 2.20 bits per heavy atom. The molecule has 1 aromatic rings. The Kier molecular flexibility index (Phi) is 4.39. The van der Waals surface area contributed by atoms with Crippen LogP contribution in [0.2, 0.25) is 0 Å². The summed E-state index contributed by atoms with van der Waals surface area (Å²) in [6, 6.07) is 0. The molecule has 1 aromatic heterocycles. The van der Waals surface area contributed by atoms with Gasteiger partial charge in [0.1, 0.15) is 5.69 Å². The van der Waals surface area contributed by atoms with Crippen molar-refractivity contribution in [1.29, 1.82) is 0 Å². The van der Waals surface area contributed by atoms with Gasteiger partial charge in [-0.05, 0) is 6.92 Å². The SMILES string of the molecule is CC(C)c1nc(C(=O)N2CC(C(=O)O)O[C@H](C)C2)cs1. The molecule has 110 valence electrons. The van der Waals surface area contributed by atoms with Crippen LogP contribution < -0.4 is 0 Å². The molecule has 7 heteroatoms. The van der Waals surface area contributed by atoms with Crippen LogP contribution in [0.15, 0.2) is 5.38 Å². The van der Waals surface area contributed by atoms with E-state index < -0.39 is 12.1 Å². The highest BCUT2D eigenvalue weighted by Gasteiger charge is 2.33. The average Bonchev–Trinajstić information content (AvgIpc) is 2.86. The molecule has 1 amide bonds. The number of carboxylic acids is 1. The molecule has 6 nitrogen and oxygen atoms in total. The fourth-order valence-corrected chi connectivity index (χ4v) is 2.88. The third-order valence-electron chi connectivity index (χ3n) is 3.06. The lowest BCUT2D eigenvalue weighted by Crippen LogP contribution is -2.51. The minimum Gasteiger partial charge on any atom is -0.479 e. The first-order chi connectivity index (χ1) is 9.38.